The van der Waals surface area contributed by atoms with Gasteiger partial charge in [-0.1, -0.05) is 36.4 Å². The van der Waals surface area contributed by atoms with Gasteiger partial charge in [0.15, 0.2) is 0 Å². The van der Waals surface area contributed by atoms with Crippen molar-refractivity contribution in [3.05, 3.63) is 71.4 Å². The summed E-state index contributed by atoms with van der Waals surface area (Å²) in [4.78, 5) is 31.9. The Balaban J connectivity index is 1.29. The molecule has 3 aromatic rings. The third-order valence-corrected chi connectivity index (χ3v) is 5.86. The summed E-state index contributed by atoms with van der Waals surface area (Å²) in [6.07, 6.45) is 3.01. The smallest absolute Gasteiger partial charge is 0.337 e. The van der Waals surface area contributed by atoms with Crippen LogP contribution in [0.2, 0.25) is 0 Å². The summed E-state index contributed by atoms with van der Waals surface area (Å²) in [5.74, 6) is -0.515. The number of hydrogen-bond acceptors (Lipinski definition) is 6. The van der Waals surface area contributed by atoms with Crippen LogP contribution in [-0.4, -0.2) is 66.6 Å². The molecule has 7 heteroatoms. The number of ether oxygens (including phenoxy) is 2. The van der Waals surface area contributed by atoms with Crippen molar-refractivity contribution in [1.29, 1.82) is 0 Å². The molecule has 0 bridgehead atoms. The van der Waals surface area contributed by atoms with E-state index >= 15 is 0 Å². The Kier molecular flexibility index (Phi) is 7.19. The fourth-order valence-electron chi connectivity index (χ4n) is 4.11. The van der Waals surface area contributed by atoms with Crippen molar-refractivity contribution in [3.63, 3.8) is 0 Å². The number of esters is 2. The molecule has 1 fully saturated rings. The standard InChI is InChI=1S/C25H29N3O4/c1-31-25(30)20-8-9-22-21(15-26-23(22)14-20)16-27-10-5-11-28(13-12-27)17-24(29)32-18-19-6-3-2-4-7-19/h2-4,6-9,14-15,26H,5,10-13,16-18H2,1H3. The minimum atomic E-state index is -0.335. The van der Waals surface area contributed by atoms with Crippen LogP contribution in [0, 0.1) is 0 Å². The lowest BCUT2D eigenvalue weighted by Crippen LogP contribution is -2.34. The van der Waals surface area contributed by atoms with Crippen LogP contribution < -0.4 is 0 Å². The molecule has 168 valence electrons. The van der Waals surface area contributed by atoms with Crippen LogP contribution in [0.25, 0.3) is 10.9 Å². The fourth-order valence-corrected chi connectivity index (χ4v) is 4.11. The molecule has 2 aromatic carbocycles. The molecule has 7 nitrogen and oxygen atoms in total. The Morgan fingerprint density at radius 2 is 1.78 bits per heavy atom. The van der Waals surface area contributed by atoms with Crippen molar-refractivity contribution < 1.29 is 19.1 Å². The Morgan fingerprint density at radius 3 is 2.59 bits per heavy atom. The van der Waals surface area contributed by atoms with Gasteiger partial charge in [0.25, 0.3) is 0 Å². The molecule has 0 unspecified atom stereocenters. The van der Waals surface area contributed by atoms with E-state index in [-0.39, 0.29) is 11.9 Å². The Morgan fingerprint density at radius 1 is 1.00 bits per heavy atom. The van der Waals surface area contributed by atoms with Crippen LogP contribution in [-0.2, 0) is 27.4 Å². The largest absolute Gasteiger partial charge is 0.465 e. The molecule has 1 aliphatic rings. The second-order valence-electron chi connectivity index (χ2n) is 8.12. The number of rotatable bonds is 7. The number of nitrogens with zero attached hydrogens (tertiary/aromatic N) is 2. The van der Waals surface area contributed by atoms with E-state index in [0.29, 0.717) is 18.7 Å². The average Bonchev–Trinajstić information content (AvgIpc) is 3.09. The maximum Gasteiger partial charge on any atom is 0.337 e. The van der Waals surface area contributed by atoms with E-state index in [1.54, 1.807) is 6.07 Å². The van der Waals surface area contributed by atoms with E-state index in [4.69, 9.17) is 9.47 Å². The molecular weight excluding hydrogens is 406 g/mol. The number of aromatic amines is 1. The molecule has 4 rings (SSSR count). The number of nitrogens with one attached hydrogen (secondary N) is 1. The van der Waals surface area contributed by atoms with Gasteiger partial charge in [-0.25, -0.2) is 4.79 Å². The first-order valence-electron chi connectivity index (χ1n) is 10.9. The van der Waals surface area contributed by atoms with Crippen molar-refractivity contribution in [3.8, 4) is 0 Å². The molecule has 0 radical (unpaired) electrons. The van der Waals surface area contributed by atoms with Crippen LogP contribution in [0.15, 0.2) is 54.7 Å². The normalized spacial score (nSPS) is 15.4. The molecule has 2 heterocycles. The lowest BCUT2D eigenvalue weighted by molar-refractivity contribution is -0.146. The lowest BCUT2D eigenvalue weighted by atomic mass is 10.1. The van der Waals surface area contributed by atoms with Crippen LogP contribution in [0.4, 0.5) is 0 Å². The van der Waals surface area contributed by atoms with E-state index in [9.17, 15) is 9.59 Å². The van der Waals surface area contributed by atoms with Gasteiger partial charge in [-0.2, -0.15) is 0 Å². The number of methoxy groups -OCH3 is 1. The molecule has 1 saturated heterocycles. The quantitative estimate of drug-likeness (QED) is 0.575. The van der Waals surface area contributed by atoms with Crippen LogP contribution in [0.5, 0.6) is 0 Å². The van der Waals surface area contributed by atoms with Crippen molar-refractivity contribution in [2.75, 3.05) is 39.8 Å². The predicted octanol–water partition coefficient (Wildman–Crippen LogP) is 3.21. The second kappa shape index (κ2) is 10.4. The van der Waals surface area contributed by atoms with Crippen LogP contribution in [0.3, 0.4) is 0 Å². The summed E-state index contributed by atoms with van der Waals surface area (Å²) >= 11 is 0. The first kappa shape index (κ1) is 22.0. The van der Waals surface area contributed by atoms with Gasteiger partial charge in [-0.3, -0.25) is 14.6 Å². The highest BCUT2D eigenvalue weighted by Gasteiger charge is 2.19. The highest BCUT2D eigenvalue weighted by molar-refractivity contribution is 5.95. The summed E-state index contributed by atoms with van der Waals surface area (Å²) in [5, 5.41) is 1.11. The summed E-state index contributed by atoms with van der Waals surface area (Å²) < 4.78 is 10.2. The van der Waals surface area contributed by atoms with Gasteiger partial charge in [0.05, 0.1) is 19.2 Å². The number of hydrogen-bond donors (Lipinski definition) is 1. The first-order chi connectivity index (χ1) is 15.6. The Bertz CT molecular complexity index is 1060. The van der Waals surface area contributed by atoms with Crippen LogP contribution in [0.1, 0.15) is 27.9 Å². The molecule has 0 atom stereocenters. The summed E-state index contributed by atoms with van der Waals surface area (Å²) in [6.45, 7) is 5.04. The van der Waals surface area contributed by atoms with Gasteiger partial charge in [0.2, 0.25) is 0 Å². The number of aromatic nitrogens is 1. The summed E-state index contributed by atoms with van der Waals surface area (Å²) in [5.41, 5.74) is 3.67. The monoisotopic (exact) mass is 435 g/mol. The maximum atomic E-state index is 12.3. The zero-order chi connectivity index (χ0) is 22.3. The zero-order valence-corrected chi connectivity index (χ0v) is 18.4. The topological polar surface area (TPSA) is 74.9 Å². The molecule has 1 N–H and O–H groups in total. The van der Waals surface area contributed by atoms with E-state index in [2.05, 4.69) is 14.8 Å². The number of carbonyl (C=O) groups excluding carboxylic acids is 2. The predicted molar refractivity (Wildman–Crippen MR) is 122 cm³/mol. The second-order valence-corrected chi connectivity index (χ2v) is 8.12. The van der Waals surface area contributed by atoms with Gasteiger partial charge < -0.3 is 14.5 Å². The van der Waals surface area contributed by atoms with E-state index in [1.807, 2.05) is 48.7 Å². The third-order valence-electron chi connectivity index (χ3n) is 5.86. The van der Waals surface area contributed by atoms with Gasteiger partial charge in [-0.05, 0) is 36.2 Å². The van der Waals surface area contributed by atoms with E-state index in [1.165, 1.54) is 12.7 Å². The molecule has 1 aromatic heterocycles. The number of carbonyl (C=O) groups is 2. The van der Waals surface area contributed by atoms with Crippen LogP contribution >= 0.6 is 0 Å². The third kappa shape index (κ3) is 5.55. The SMILES string of the molecule is COC(=O)c1ccc2c(CN3CCCN(CC(=O)OCc4ccccc4)CC3)c[nH]c2c1. The molecule has 0 amide bonds. The summed E-state index contributed by atoms with van der Waals surface area (Å²) in [6, 6.07) is 15.4. The minimum Gasteiger partial charge on any atom is -0.465 e. The minimum absolute atomic E-state index is 0.180. The lowest BCUT2D eigenvalue weighted by Gasteiger charge is -2.21. The first-order valence-corrected chi connectivity index (χ1v) is 10.9. The van der Waals surface area contributed by atoms with E-state index < -0.39 is 0 Å². The van der Waals surface area contributed by atoms with E-state index in [0.717, 1.165) is 55.6 Å². The molecule has 1 aliphatic heterocycles. The zero-order valence-electron chi connectivity index (χ0n) is 18.4. The molecule has 32 heavy (non-hydrogen) atoms. The molecule has 0 aliphatic carbocycles. The highest BCUT2D eigenvalue weighted by Crippen LogP contribution is 2.22. The fraction of sp³-hybridized carbons (Fsp3) is 0.360. The van der Waals surface area contributed by atoms with Gasteiger partial charge in [-0.15, -0.1) is 0 Å². The molecule has 0 saturated carbocycles. The Labute approximate surface area is 187 Å². The van der Waals surface area contributed by atoms with Gasteiger partial charge >= 0.3 is 11.9 Å². The number of benzene rings is 2. The molecule has 0 spiro atoms. The summed E-state index contributed by atoms with van der Waals surface area (Å²) in [7, 11) is 1.39. The van der Waals surface area contributed by atoms with Crippen molar-refractivity contribution in [2.24, 2.45) is 0 Å². The maximum absolute atomic E-state index is 12.3. The Hall–Kier alpha value is -3.16. The van der Waals surface area contributed by atoms with Gasteiger partial charge in [0.1, 0.15) is 6.61 Å². The average molecular weight is 436 g/mol. The van der Waals surface area contributed by atoms with Gasteiger partial charge in [0, 0.05) is 43.3 Å². The molecular formula is C25H29N3O4. The number of H-pyrrole nitrogens is 1. The number of fused-ring (bicyclic) bond motifs is 1. The van der Waals surface area contributed by atoms with Crippen molar-refractivity contribution in [2.45, 2.75) is 19.6 Å². The van der Waals surface area contributed by atoms with Crippen molar-refractivity contribution in [1.82, 2.24) is 14.8 Å². The highest BCUT2D eigenvalue weighted by atomic mass is 16.5. The van der Waals surface area contributed by atoms with Crippen molar-refractivity contribution >= 4 is 22.8 Å².